The Morgan fingerprint density at radius 2 is 2.10 bits per heavy atom. The summed E-state index contributed by atoms with van der Waals surface area (Å²) in [4.78, 5) is 28.0. The average Bonchev–Trinajstić information content (AvgIpc) is 3.33. The molecule has 1 aliphatic carbocycles. The molecular weight excluding hydrogens is 407 g/mol. The van der Waals surface area contributed by atoms with Crippen molar-refractivity contribution >= 4 is 38.3 Å². The normalized spacial score (nSPS) is 20.4. The second-order valence-electron chi connectivity index (χ2n) is 8.35. The number of H-pyrrole nitrogens is 1. The van der Waals surface area contributed by atoms with Crippen LogP contribution in [0.25, 0.3) is 21.1 Å². The number of benzene rings is 1. The third kappa shape index (κ3) is 2.79. The van der Waals surface area contributed by atoms with Crippen LogP contribution in [0.2, 0.25) is 0 Å². The highest BCUT2D eigenvalue weighted by Crippen LogP contribution is 2.46. The van der Waals surface area contributed by atoms with Gasteiger partial charge in [-0.15, -0.1) is 0 Å². The van der Waals surface area contributed by atoms with Gasteiger partial charge in [-0.3, -0.25) is 14.0 Å². The summed E-state index contributed by atoms with van der Waals surface area (Å²) in [7, 11) is 3.46. The molecule has 2 aliphatic rings. The SMILES string of the molecule is CNC(C)C1CCN(c2c(F)cc3c(=O)c4c(=O)[nH]sc4n(C4CC4)c3c2OC)C1. The standard InChI is InChI=1S/C21H25FN4O3S/c1-10(23-2)11-6-7-25(9-11)17-14(22)8-13-16(19(17)29-3)26(12-4-5-12)21-15(18(13)27)20(28)24-30-21/h8,10-12,23H,4-7,9H2,1-3H3,(H,24,28). The van der Waals surface area contributed by atoms with E-state index >= 15 is 4.39 Å². The Kier molecular flexibility index (Phi) is 4.62. The number of nitrogens with one attached hydrogen (secondary N) is 2. The Balaban J connectivity index is 1.79. The summed E-state index contributed by atoms with van der Waals surface area (Å²) in [5.41, 5.74) is 0.149. The third-order valence-electron chi connectivity index (χ3n) is 6.61. The van der Waals surface area contributed by atoms with Gasteiger partial charge >= 0.3 is 0 Å². The van der Waals surface area contributed by atoms with Crippen molar-refractivity contribution in [1.82, 2.24) is 14.3 Å². The van der Waals surface area contributed by atoms with E-state index in [9.17, 15) is 9.59 Å². The zero-order chi connectivity index (χ0) is 21.2. The summed E-state index contributed by atoms with van der Waals surface area (Å²) in [6.07, 6.45) is 2.87. The maximum absolute atomic E-state index is 15.4. The Labute approximate surface area is 176 Å². The summed E-state index contributed by atoms with van der Waals surface area (Å²) in [6.45, 7) is 3.58. The molecule has 1 saturated carbocycles. The monoisotopic (exact) mass is 432 g/mol. The van der Waals surface area contributed by atoms with Crippen LogP contribution in [0.5, 0.6) is 5.75 Å². The lowest BCUT2D eigenvalue weighted by atomic mass is 10.0. The number of hydrogen-bond acceptors (Lipinski definition) is 6. The van der Waals surface area contributed by atoms with Crippen molar-refractivity contribution < 1.29 is 9.13 Å². The van der Waals surface area contributed by atoms with Gasteiger partial charge in [0.1, 0.15) is 15.9 Å². The fourth-order valence-electron chi connectivity index (χ4n) is 4.72. The molecule has 5 rings (SSSR count). The summed E-state index contributed by atoms with van der Waals surface area (Å²) < 4.78 is 25.9. The van der Waals surface area contributed by atoms with Crippen LogP contribution in [-0.4, -0.2) is 42.2 Å². The van der Waals surface area contributed by atoms with Crippen LogP contribution < -0.4 is 25.9 Å². The molecule has 1 saturated heterocycles. The van der Waals surface area contributed by atoms with Crippen molar-refractivity contribution in [3.63, 3.8) is 0 Å². The minimum absolute atomic E-state index is 0.109. The molecule has 7 nitrogen and oxygen atoms in total. The van der Waals surface area contributed by atoms with Crippen LogP contribution in [0.1, 0.15) is 32.2 Å². The van der Waals surface area contributed by atoms with Crippen LogP contribution in [-0.2, 0) is 0 Å². The van der Waals surface area contributed by atoms with E-state index in [4.69, 9.17) is 4.74 Å². The number of halogens is 1. The first-order chi connectivity index (χ1) is 14.5. The third-order valence-corrected chi connectivity index (χ3v) is 7.50. The minimum Gasteiger partial charge on any atom is -0.492 e. The van der Waals surface area contributed by atoms with Crippen molar-refractivity contribution in [2.75, 3.05) is 32.1 Å². The van der Waals surface area contributed by atoms with Crippen molar-refractivity contribution in [3.8, 4) is 5.75 Å². The Hall–Kier alpha value is -2.39. The van der Waals surface area contributed by atoms with Crippen molar-refractivity contribution in [2.45, 2.75) is 38.3 Å². The van der Waals surface area contributed by atoms with Gasteiger partial charge in [0.15, 0.2) is 11.6 Å². The number of pyridine rings is 1. The molecule has 1 aromatic carbocycles. The number of fused-ring (bicyclic) bond motifs is 2. The van der Waals surface area contributed by atoms with Gasteiger partial charge in [-0.05, 0) is 56.8 Å². The average molecular weight is 433 g/mol. The molecule has 2 fully saturated rings. The molecule has 160 valence electrons. The maximum atomic E-state index is 15.4. The zero-order valence-corrected chi connectivity index (χ0v) is 18.1. The summed E-state index contributed by atoms with van der Waals surface area (Å²) in [6, 6.07) is 1.80. The molecule has 30 heavy (non-hydrogen) atoms. The van der Waals surface area contributed by atoms with Gasteiger partial charge < -0.3 is 19.5 Å². The molecule has 0 bridgehead atoms. The van der Waals surface area contributed by atoms with Gasteiger partial charge in [0, 0.05) is 25.2 Å². The molecule has 3 heterocycles. The minimum atomic E-state index is -0.484. The molecule has 2 atom stereocenters. The molecule has 1 aliphatic heterocycles. The lowest BCUT2D eigenvalue weighted by Gasteiger charge is -2.25. The van der Waals surface area contributed by atoms with E-state index in [0.29, 0.717) is 40.3 Å². The molecule has 0 amide bonds. The predicted molar refractivity (Wildman–Crippen MR) is 118 cm³/mol. The largest absolute Gasteiger partial charge is 0.492 e. The number of nitrogens with zero attached hydrogens (tertiary/aromatic N) is 2. The van der Waals surface area contributed by atoms with E-state index in [1.165, 1.54) is 13.2 Å². The predicted octanol–water partition coefficient (Wildman–Crippen LogP) is 2.82. The van der Waals surface area contributed by atoms with Crippen LogP contribution in [0.4, 0.5) is 10.1 Å². The molecule has 0 spiro atoms. The summed E-state index contributed by atoms with van der Waals surface area (Å²) in [5.74, 6) is 0.301. The topological polar surface area (TPSA) is 79.4 Å². The fourth-order valence-corrected chi connectivity index (χ4v) is 5.64. The van der Waals surface area contributed by atoms with Crippen LogP contribution in [0.3, 0.4) is 0 Å². The van der Waals surface area contributed by atoms with E-state index in [1.54, 1.807) is 0 Å². The van der Waals surface area contributed by atoms with Gasteiger partial charge in [-0.2, -0.15) is 0 Å². The van der Waals surface area contributed by atoms with Gasteiger partial charge in [-0.25, -0.2) is 4.39 Å². The van der Waals surface area contributed by atoms with Gasteiger partial charge in [0.05, 0.1) is 18.0 Å². The zero-order valence-electron chi connectivity index (χ0n) is 17.3. The van der Waals surface area contributed by atoms with Gasteiger partial charge in [0.2, 0.25) is 5.43 Å². The van der Waals surface area contributed by atoms with E-state index < -0.39 is 16.8 Å². The molecular formula is C21H25FN4O3S. The number of aromatic amines is 1. The highest BCUT2D eigenvalue weighted by molar-refractivity contribution is 7.12. The smallest absolute Gasteiger partial charge is 0.271 e. The molecule has 2 N–H and O–H groups in total. The lowest BCUT2D eigenvalue weighted by Crippen LogP contribution is -2.33. The maximum Gasteiger partial charge on any atom is 0.271 e. The summed E-state index contributed by atoms with van der Waals surface area (Å²) in [5, 5.41) is 3.60. The van der Waals surface area contributed by atoms with Crippen LogP contribution in [0, 0.1) is 11.7 Å². The molecule has 9 heteroatoms. The van der Waals surface area contributed by atoms with E-state index in [-0.39, 0.29) is 16.8 Å². The Morgan fingerprint density at radius 1 is 1.33 bits per heavy atom. The van der Waals surface area contributed by atoms with E-state index in [1.807, 2.05) is 16.5 Å². The van der Waals surface area contributed by atoms with Crippen molar-refractivity contribution in [2.24, 2.45) is 5.92 Å². The van der Waals surface area contributed by atoms with Crippen LogP contribution >= 0.6 is 11.5 Å². The highest BCUT2D eigenvalue weighted by Gasteiger charge is 2.35. The first kappa shape index (κ1) is 19.6. The molecule has 2 unspecified atom stereocenters. The van der Waals surface area contributed by atoms with E-state index in [0.717, 1.165) is 37.3 Å². The number of aromatic nitrogens is 2. The van der Waals surface area contributed by atoms with Crippen LogP contribution in [0.15, 0.2) is 15.7 Å². The Bertz CT molecular complexity index is 1260. The number of hydrogen-bond donors (Lipinski definition) is 2. The highest BCUT2D eigenvalue weighted by atomic mass is 32.1. The molecule has 0 radical (unpaired) electrons. The number of rotatable bonds is 5. The second kappa shape index (κ2) is 7.09. The number of methoxy groups -OCH3 is 1. The van der Waals surface area contributed by atoms with E-state index in [2.05, 4.69) is 16.6 Å². The number of ether oxygens (including phenoxy) is 1. The molecule has 2 aromatic heterocycles. The first-order valence-electron chi connectivity index (χ1n) is 10.3. The first-order valence-corrected chi connectivity index (χ1v) is 11.2. The van der Waals surface area contributed by atoms with Gasteiger partial charge in [0.25, 0.3) is 5.56 Å². The van der Waals surface area contributed by atoms with Crippen molar-refractivity contribution in [1.29, 1.82) is 0 Å². The quantitative estimate of drug-likeness (QED) is 0.648. The molecule has 3 aromatic rings. The number of anilines is 1. The lowest BCUT2D eigenvalue weighted by molar-refractivity contribution is 0.411. The summed E-state index contributed by atoms with van der Waals surface area (Å²) >= 11 is 1.16. The fraction of sp³-hybridized carbons (Fsp3) is 0.524. The van der Waals surface area contributed by atoms with Gasteiger partial charge in [-0.1, -0.05) is 0 Å². The second-order valence-corrected chi connectivity index (χ2v) is 9.15. The Morgan fingerprint density at radius 3 is 2.77 bits per heavy atom. The van der Waals surface area contributed by atoms with Crippen molar-refractivity contribution in [3.05, 3.63) is 32.5 Å².